The molecule has 0 heterocycles. The van der Waals surface area contributed by atoms with Gasteiger partial charge in [0.1, 0.15) is 0 Å². The van der Waals surface area contributed by atoms with Gasteiger partial charge in [0, 0.05) is 11.6 Å². The molecule has 0 aliphatic heterocycles. The molecule has 21 heavy (non-hydrogen) atoms. The largest absolute Gasteiger partial charge is 0.494 e. The van der Waals surface area contributed by atoms with Crippen LogP contribution in [-0.2, 0) is 0 Å². The second kappa shape index (κ2) is 7.26. The van der Waals surface area contributed by atoms with Crippen LogP contribution in [0.4, 0.5) is 4.39 Å². The molecular formula is C18H28FNO. The second-order valence-electron chi connectivity index (χ2n) is 6.17. The third-order valence-corrected chi connectivity index (χ3v) is 5.04. The van der Waals surface area contributed by atoms with Gasteiger partial charge in [0.25, 0.3) is 0 Å². The summed E-state index contributed by atoms with van der Waals surface area (Å²) in [5.41, 5.74) is 0.953. The van der Waals surface area contributed by atoms with Crippen molar-refractivity contribution >= 4 is 0 Å². The summed E-state index contributed by atoms with van der Waals surface area (Å²) >= 11 is 0. The minimum atomic E-state index is -0.201. The summed E-state index contributed by atoms with van der Waals surface area (Å²) < 4.78 is 19.9. The van der Waals surface area contributed by atoms with Gasteiger partial charge < -0.3 is 10.1 Å². The lowest BCUT2D eigenvalue weighted by atomic mass is 9.73. The Morgan fingerprint density at radius 1 is 1.29 bits per heavy atom. The zero-order chi connectivity index (χ0) is 15.3. The average molecular weight is 293 g/mol. The van der Waals surface area contributed by atoms with Crippen molar-refractivity contribution in [3.8, 4) is 5.75 Å². The summed E-state index contributed by atoms with van der Waals surface area (Å²) in [6.45, 7) is 5.31. The minimum Gasteiger partial charge on any atom is -0.494 e. The summed E-state index contributed by atoms with van der Waals surface area (Å²) in [5, 5.41) is 3.62. The summed E-state index contributed by atoms with van der Waals surface area (Å²) in [7, 11) is 1.53. The normalized spacial score (nSPS) is 18.7. The highest BCUT2D eigenvalue weighted by atomic mass is 19.1. The molecule has 0 aromatic heterocycles. The van der Waals surface area contributed by atoms with E-state index in [1.54, 1.807) is 6.07 Å². The van der Waals surface area contributed by atoms with Crippen molar-refractivity contribution in [1.82, 2.24) is 5.32 Å². The molecular weight excluding hydrogens is 265 g/mol. The maximum atomic E-state index is 14.7. The standard InChI is InChI=1S/C18H28FNO/c1-4-13-20-17(18(5-2)11-6-7-12-18)14-9-8-10-15(21-3)16(14)19/h8-10,17,20H,4-7,11-13H2,1-3H3. The van der Waals surface area contributed by atoms with E-state index in [4.69, 9.17) is 4.74 Å². The van der Waals surface area contributed by atoms with Gasteiger partial charge in [0.2, 0.25) is 0 Å². The molecule has 1 fully saturated rings. The highest BCUT2D eigenvalue weighted by Gasteiger charge is 2.41. The summed E-state index contributed by atoms with van der Waals surface area (Å²) in [5.74, 6) is 0.147. The van der Waals surface area contributed by atoms with Gasteiger partial charge in [-0.25, -0.2) is 4.39 Å². The molecule has 0 amide bonds. The van der Waals surface area contributed by atoms with Crippen molar-refractivity contribution in [3.63, 3.8) is 0 Å². The van der Waals surface area contributed by atoms with Gasteiger partial charge in [-0.3, -0.25) is 0 Å². The van der Waals surface area contributed by atoms with Crippen LogP contribution in [-0.4, -0.2) is 13.7 Å². The lowest BCUT2D eigenvalue weighted by Crippen LogP contribution is -2.37. The monoisotopic (exact) mass is 293 g/mol. The molecule has 0 bridgehead atoms. The highest BCUT2D eigenvalue weighted by molar-refractivity contribution is 5.34. The average Bonchev–Trinajstić information content (AvgIpc) is 2.99. The number of nitrogens with one attached hydrogen (secondary N) is 1. The summed E-state index contributed by atoms with van der Waals surface area (Å²) in [6, 6.07) is 5.60. The predicted octanol–water partition coefficient (Wildman–Crippen LogP) is 4.85. The van der Waals surface area contributed by atoms with Crippen LogP contribution in [0.1, 0.15) is 64.0 Å². The number of hydrogen-bond acceptors (Lipinski definition) is 2. The van der Waals surface area contributed by atoms with Crippen LogP contribution in [0.5, 0.6) is 5.75 Å². The Bertz CT molecular complexity index is 455. The van der Waals surface area contributed by atoms with Gasteiger partial charge in [-0.2, -0.15) is 0 Å². The molecule has 1 aromatic rings. The topological polar surface area (TPSA) is 21.3 Å². The van der Waals surface area contributed by atoms with Crippen LogP contribution in [0.15, 0.2) is 18.2 Å². The molecule has 1 N–H and O–H groups in total. The van der Waals surface area contributed by atoms with E-state index in [0.29, 0.717) is 5.75 Å². The van der Waals surface area contributed by atoms with Gasteiger partial charge in [0.15, 0.2) is 11.6 Å². The van der Waals surface area contributed by atoms with Crippen LogP contribution < -0.4 is 10.1 Å². The molecule has 1 aromatic carbocycles. The second-order valence-corrected chi connectivity index (χ2v) is 6.17. The Morgan fingerprint density at radius 3 is 2.57 bits per heavy atom. The number of rotatable bonds is 7. The SMILES string of the molecule is CCCNC(c1cccc(OC)c1F)C1(CC)CCCC1. The quantitative estimate of drug-likeness (QED) is 0.776. The van der Waals surface area contributed by atoms with E-state index >= 15 is 0 Å². The van der Waals surface area contributed by atoms with Gasteiger partial charge in [0.05, 0.1) is 7.11 Å². The zero-order valence-corrected chi connectivity index (χ0v) is 13.5. The molecule has 1 saturated carbocycles. The first-order valence-electron chi connectivity index (χ1n) is 8.24. The number of halogens is 1. The third kappa shape index (κ3) is 3.23. The van der Waals surface area contributed by atoms with Crippen molar-refractivity contribution in [2.75, 3.05) is 13.7 Å². The fourth-order valence-corrected chi connectivity index (χ4v) is 3.78. The molecule has 1 atom stereocenters. The van der Waals surface area contributed by atoms with Gasteiger partial charge >= 0.3 is 0 Å². The number of ether oxygens (including phenoxy) is 1. The van der Waals surface area contributed by atoms with E-state index in [-0.39, 0.29) is 17.3 Å². The highest BCUT2D eigenvalue weighted by Crippen LogP contribution is 2.50. The van der Waals surface area contributed by atoms with Crippen LogP contribution in [0.2, 0.25) is 0 Å². The number of hydrogen-bond donors (Lipinski definition) is 1. The van der Waals surface area contributed by atoms with Gasteiger partial charge in [-0.05, 0) is 43.7 Å². The molecule has 0 spiro atoms. The minimum absolute atomic E-state index is 0.0834. The molecule has 1 unspecified atom stereocenters. The van der Waals surface area contributed by atoms with Crippen molar-refractivity contribution in [2.45, 2.75) is 58.4 Å². The lowest BCUT2D eigenvalue weighted by molar-refractivity contribution is 0.182. The molecule has 1 aliphatic carbocycles. The summed E-state index contributed by atoms with van der Waals surface area (Å²) in [4.78, 5) is 0. The molecule has 118 valence electrons. The van der Waals surface area contributed by atoms with E-state index in [9.17, 15) is 4.39 Å². The first-order chi connectivity index (χ1) is 10.2. The van der Waals surface area contributed by atoms with E-state index in [0.717, 1.165) is 24.9 Å². The van der Waals surface area contributed by atoms with Crippen molar-refractivity contribution < 1.29 is 9.13 Å². The van der Waals surface area contributed by atoms with Crippen molar-refractivity contribution in [3.05, 3.63) is 29.6 Å². The Kier molecular flexibility index (Phi) is 5.63. The first kappa shape index (κ1) is 16.3. The number of benzene rings is 1. The van der Waals surface area contributed by atoms with E-state index in [1.165, 1.54) is 32.8 Å². The molecule has 1 aliphatic rings. The maximum Gasteiger partial charge on any atom is 0.169 e. The fourth-order valence-electron chi connectivity index (χ4n) is 3.78. The molecule has 3 heteroatoms. The number of methoxy groups -OCH3 is 1. The fraction of sp³-hybridized carbons (Fsp3) is 0.667. The third-order valence-electron chi connectivity index (χ3n) is 5.04. The Hall–Kier alpha value is -1.09. The molecule has 0 saturated heterocycles. The van der Waals surface area contributed by atoms with Crippen LogP contribution in [0.25, 0.3) is 0 Å². The zero-order valence-electron chi connectivity index (χ0n) is 13.5. The lowest BCUT2D eigenvalue weighted by Gasteiger charge is -2.38. The van der Waals surface area contributed by atoms with E-state index in [2.05, 4.69) is 19.2 Å². The smallest absolute Gasteiger partial charge is 0.169 e. The molecule has 2 nitrogen and oxygen atoms in total. The van der Waals surface area contributed by atoms with Crippen LogP contribution in [0, 0.1) is 11.2 Å². The maximum absolute atomic E-state index is 14.7. The van der Waals surface area contributed by atoms with Gasteiger partial charge in [-0.15, -0.1) is 0 Å². The Morgan fingerprint density at radius 2 is 2.00 bits per heavy atom. The molecule has 0 radical (unpaired) electrons. The van der Waals surface area contributed by atoms with Crippen LogP contribution in [0.3, 0.4) is 0 Å². The predicted molar refractivity (Wildman–Crippen MR) is 85.2 cm³/mol. The Balaban J connectivity index is 2.40. The van der Waals surface area contributed by atoms with Crippen LogP contribution >= 0.6 is 0 Å². The first-order valence-corrected chi connectivity index (χ1v) is 8.24. The Labute approximate surface area is 128 Å². The molecule has 2 rings (SSSR count). The van der Waals surface area contributed by atoms with Gasteiger partial charge in [-0.1, -0.05) is 38.8 Å². The van der Waals surface area contributed by atoms with Crippen molar-refractivity contribution in [1.29, 1.82) is 0 Å². The van der Waals surface area contributed by atoms with E-state index in [1.807, 2.05) is 12.1 Å². The van der Waals surface area contributed by atoms with Crippen molar-refractivity contribution in [2.24, 2.45) is 5.41 Å². The van der Waals surface area contributed by atoms with E-state index < -0.39 is 0 Å². The summed E-state index contributed by atoms with van der Waals surface area (Å²) in [6.07, 6.45) is 7.02.